The maximum Gasteiger partial charge on any atom is 0.278 e. The number of benzene rings is 2. The van der Waals surface area contributed by atoms with Gasteiger partial charge in [0.15, 0.2) is 0 Å². The summed E-state index contributed by atoms with van der Waals surface area (Å²) in [6, 6.07) is 11.0. The van der Waals surface area contributed by atoms with E-state index in [-0.39, 0.29) is 6.54 Å². The van der Waals surface area contributed by atoms with E-state index in [0.717, 1.165) is 22.3 Å². The van der Waals surface area contributed by atoms with Crippen molar-refractivity contribution in [3.05, 3.63) is 70.2 Å². The lowest BCUT2D eigenvalue weighted by Gasteiger charge is -2.13. The second-order valence-corrected chi connectivity index (χ2v) is 8.66. The third-order valence-electron chi connectivity index (χ3n) is 3.88. The van der Waals surface area contributed by atoms with Gasteiger partial charge in [-0.05, 0) is 49.6 Å². The summed E-state index contributed by atoms with van der Waals surface area (Å²) in [6.45, 7) is 5.81. The third-order valence-corrected chi connectivity index (χ3v) is 6.23. The van der Waals surface area contributed by atoms with Crippen LogP contribution in [0, 0.1) is 20.8 Å². The maximum absolute atomic E-state index is 12.7. The second-order valence-electron chi connectivity index (χ2n) is 6.10. The third kappa shape index (κ3) is 4.30. The summed E-state index contributed by atoms with van der Waals surface area (Å²) < 4.78 is 33.7. The molecule has 0 spiro atoms. The van der Waals surface area contributed by atoms with E-state index in [0.29, 0.717) is 15.8 Å². The molecule has 0 amide bonds. The van der Waals surface area contributed by atoms with Crippen LogP contribution in [0.25, 0.3) is 0 Å². The van der Waals surface area contributed by atoms with Crippen LogP contribution in [0.4, 0.5) is 0 Å². The number of ether oxygens (including phenoxy) is 1. The highest BCUT2D eigenvalue weighted by molar-refractivity contribution is 7.89. The highest BCUT2D eigenvalue weighted by atomic mass is 32.2. The summed E-state index contributed by atoms with van der Waals surface area (Å²) in [5, 5.41) is 2.41. The number of aryl methyl sites for hydroxylation is 3. The normalized spacial score (nSPS) is 11.5. The van der Waals surface area contributed by atoms with Crippen molar-refractivity contribution in [2.75, 3.05) is 0 Å². The van der Waals surface area contributed by atoms with Gasteiger partial charge in [0.2, 0.25) is 10.0 Å². The summed E-state index contributed by atoms with van der Waals surface area (Å²) >= 11 is 1.41. The summed E-state index contributed by atoms with van der Waals surface area (Å²) in [5.41, 5.74) is 3.40. The molecule has 0 bridgehead atoms. The Labute approximate surface area is 157 Å². The molecular formula is C19H20N2O3S2. The van der Waals surface area contributed by atoms with Crippen molar-refractivity contribution in [2.45, 2.75) is 32.2 Å². The topological polar surface area (TPSA) is 68.3 Å². The van der Waals surface area contributed by atoms with Crippen molar-refractivity contribution in [3.63, 3.8) is 0 Å². The Morgan fingerprint density at radius 2 is 1.73 bits per heavy atom. The van der Waals surface area contributed by atoms with Crippen LogP contribution in [0.3, 0.4) is 0 Å². The van der Waals surface area contributed by atoms with Crippen LogP contribution in [0.15, 0.2) is 52.9 Å². The minimum absolute atomic E-state index is 0.215. The fourth-order valence-electron chi connectivity index (χ4n) is 2.88. The van der Waals surface area contributed by atoms with Gasteiger partial charge in [0.1, 0.15) is 5.75 Å². The van der Waals surface area contributed by atoms with Crippen molar-refractivity contribution >= 4 is 21.4 Å². The molecule has 1 aromatic heterocycles. The Kier molecular flexibility index (Phi) is 5.41. The molecule has 0 aliphatic heterocycles. The lowest BCUT2D eigenvalue weighted by Crippen LogP contribution is -2.24. The Hall–Kier alpha value is -2.22. The Morgan fingerprint density at radius 3 is 2.31 bits per heavy atom. The van der Waals surface area contributed by atoms with Crippen molar-refractivity contribution < 1.29 is 13.2 Å². The van der Waals surface area contributed by atoms with Crippen molar-refractivity contribution in [2.24, 2.45) is 0 Å². The molecule has 0 saturated heterocycles. The number of thiazole rings is 1. The molecule has 0 atom stereocenters. The van der Waals surface area contributed by atoms with Crippen LogP contribution in [0.1, 0.15) is 22.3 Å². The number of hydrogen-bond donors (Lipinski definition) is 1. The van der Waals surface area contributed by atoms with Crippen molar-refractivity contribution in [1.29, 1.82) is 0 Å². The van der Waals surface area contributed by atoms with Crippen LogP contribution in [0.2, 0.25) is 0 Å². The quantitative estimate of drug-likeness (QED) is 0.682. The van der Waals surface area contributed by atoms with E-state index < -0.39 is 10.0 Å². The van der Waals surface area contributed by atoms with Crippen LogP contribution in [-0.2, 0) is 16.6 Å². The van der Waals surface area contributed by atoms with Gasteiger partial charge in [-0.3, -0.25) is 0 Å². The molecule has 0 unspecified atom stereocenters. The number of sulfonamides is 1. The highest BCUT2D eigenvalue weighted by Crippen LogP contribution is 2.24. The molecule has 1 heterocycles. The predicted molar refractivity (Wildman–Crippen MR) is 103 cm³/mol. The highest BCUT2D eigenvalue weighted by Gasteiger charge is 2.19. The molecule has 0 aliphatic carbocycles. The van der Waals surface area contributed by atoms with Gasteiger partial charge in [0, 0.05) is 18.1 Å². The molecular weight excluding hydrogens is 368 g/mol. The summed E-state index contributed by atoms with van der Waals surface area (Å²) in [4.78, 5) is 4.42. The zero-order valence-corrected chi connectivity index (χ0v) is 16.4. The summed E-state index contributed by atoms with van der Waals surface area (Å²) in [6.07, 6.45) is 1.68. The molecule has 0 saturated carbocycles. The minimum Gasteiger partial charge on any atom is -0.431 e. The monoisotopic (exact) mass is 388 g/mol. The smallest absolute Gasteiger partial charge is 0.278 e. The van der Waals surface area contributed by atoms with Gasteiger partial charge in [0.25, 0.3) is 5.19 Å². The van der Waals surface area contributed by atoms with Crippen LogP contribution in [0.5, 0.6) is 10.9 Å². The first-order valence-corrected chi connectivity index (χ1v) is 10.5. The van der Waals surface area contributed by atoms with Gasteiger partial charge in [0.05, 0.1) is 4.90 Å². The molecule has 7 heteroatoms. The lowest BCUT2D eigenvalue weighted by atomic mass is 10.1. The van der Waals surface area contributed by atoms with Gasteiger partial charge < -0.3 is 4.74 Å². The lowest BCUT2D eigenvalue weighted by molar-refractivity contribution is 0.478. The van der Waals surface area contributed by atoms with Gasteiger partial charge in [-0.2, -0.15) is 0 Å². The molecule has 0 fully saturated rings. The number of aromatic nitrogens is 1. The van der Waals surface area contributed by atoms with E-state index in [1.807, 2.05) is 50.4 Å². The molecule has 136 valence electrons. The second kappa shape index (κ2) is 7.57. The largest absolute Gasteiger partial charge is 0.431 e. The van der Waals surface area contributed by atoms with E-state index >= 15 is 0 Å². The van der Waals surface area contributed by atoms with Crippen LogP contribution >= 0.6 is 11.3 Å². The van der Waals surface area contributed by atoms with E-state index in [1.165, 1.54) is 11.3 Å². The molecule has 2 aromatic carbocycles. The fraction of sp³-hybridized carbons (Fsp3) is 0.211. The Balaban J connectivity index is 1.70. The molecule has 0 radical (unpaired) electrons. The van der Waals surface area contributed by atoms with Gasteiger partial charge in [-0.25, -0.2) is 18.1 Å². The van der Waals surface area contributed by atoms with E-state index in [4.69, 9.17) is 4.74 Å². The zero-order chi connectivity index (χ0) is 18.7. The number of rotatable bonds is 6. The maximum atomic E-state index is 12.7. The van der Waals surface area contributed by atoms with Gasteiger partial charge in [-0.1, -0.05) is 41.2 Å². The van der Waals surface area contributed by atoms with Gasteiger partial charge in [-0.15, -0.1) is 0 Å². The summed E-state index contributed by atoms with van der Waals surface area (Å²) in [5.74, 6) is 0.664. The molecule has 5 nitrogen and oxygen atoms in total. The molecule has 3 rings (SSSR count). The average molecular weight is 389 g/mol. The first kappa shape index (κ1) is 18.6. The van der Waals surface area contributed by atoms with Crippen molar-refractivity contribution in [3.8, 4) is 10.9 Å². The van der Waals surface area contributed by atoms with E-state index in [9.17, 15) is 8.42 Å². The zero-order valence-electron chi connectivity index (χ0n) is 14.8. The number of nitrogens with one attached hydrogen (secondary N) is 1. The van der Waals surface area contributed by atoms with E-state index in [2.05, 4.69) is 9.71 Å². The SMILES string of the molecule is Cc1cc(C)c(S(=O)(=O)NCc2ccc(Oc3nccs3)cc2)c(C)c1. The number of hydrogen-bond acceptors (Lipinski definition) is 5. The Bertz CT molecular complexity index is 973. The number of nitrogens with zero attached hydrogens (tertiary/aromatic N) is 1. The standard InChI is InChI=1S/C19H20N2O3S2/c1-13-10-14(2)18(15(3)11-13)26(22,23)21-12-16-4-6-17(7-5-16)24-19-20-8-9-25-19/h4-11,21H,12H2,1-3H3. The Morgan fingerprint density at radius 1 is 1.08 bits per heavy atom. The van der Waals surface area contributed by atoms with Crippen LogP contribution < -0.4 is 9.46 Å². The molecule has 1 N–H and O–H groups in total. The fourth-order valence-corrected chi connectivity index (χ4v) is 4.85. The van der Waals surface area contributed by atoms with Crippen molar-refractivity contribution in [1.82, 2.24) is 9.71 Å². The van der Waals surface area contributed by atoms with Gasteiger partial charge >= 0.3 is 0 Å². The first-order valence-electron chi connectivity index (χ1n) is 8.09. The minimum atomic E-state index is -3.58. The first-order chi connectivity index (χ1) is 12.3. The molecule has 0 aliphatic rings. The van der Waals surface area contributed by atoms with Crippen LogP contribution in [-0.4, -0.2) is 13.4 Å². The summed E-state index contributed by atoms with van der Waals surface area (Å²) in [7, 11) is -3.58. The average Bonchev–Trinajstić information content (AvgIpc) is 3.06. The molecule has 3 aromatic rings. The van der Waals surface area contributed by atoms with E-state index in [1.54, 1.807) is 18.3 Å². The molecule has 26 heavy (non-hydrogen) atoms. The predicted octanol–water partition coefficient (Wildman–Crippen LogP) is 4.34.